The van der Waals surface area contributed by atoms with Gasteiger partial charge in [-0.15, -0.1) is 0 Å². The minimum absolute atomic E-state index is 0.493. The summed E-state index contributed by atoms with van der Waals surface area (Å²) < 4.78 is 0. The number of hydrogen-bond acceptors (Lipinski definition) is 2. The van der Waals surface area contributed by atoms with E-state index in [2.05, 4.69) is 16.6 Å². The van der Waals surface area contributed by atoms with Crippen LogP contribution in [-0.2, 0) is 4.79 Å². The fraction of sp³-hybridized carbons (Fsp3) is 0. The zero-order valence-corrected chi connectivity index (χ0v) is 3.90. The van der Waals surface area contributed by atoms with Gasteiger partial charge in [-0.2, -0.15) is 0 Å². The van der Waals surface area contributed by atoms with Gasteiger partial charge in [0, 0.05) is 4.91 Å². The van der Waals surface area contributed by atoms with Gasteiger partial charge in [-0.25, -0.2) is 4.79 Å². The second-order valence-corrected chi connectivity index (χ2v) is 0.941. The van der Waals surface area contributed by atoms with Gasteiger partial charge >= 0.3 is 5.97 Å². The molecule has 0 aromatic carbocycles. The largest absolute Gasteiger partial charge is 0.478 e. The molecule has 5 nitrogen and oxygen atoms in total. The molecular weight excluding hydrogens is 110 g/mol. The first-order valence-corrected chi connectivity index (χ1v) is 1.65. The predicted molar refractivity (Wildman–Crippen MR) is 25.9 cm³/mol. The van der Waals surface area contributed by atoms with Crippen LogP contribution in [0, 0.1) is 0 Å². The third-order valence-electron chi connectivity index (χ3n) is 0.412. The lowest BCUT2D eigenvalue weighted by Crippen LogP contribution is -1.93. The molecule has 0 saturated heterocycles. The number of aliphatic carboxylic acids is 1. The molecule has 0 spiro atoms. The standard InChI is InChI=1S/C3H3N3O2/c1-2(3(7)8)5-6-4/h1H2,(H,7,8). The maximum absolute atomic E-state index is 9.72. The van der Waals surface area contributed by atoms with Gasteiger partial charge in [0.25, 0.3) is 0 Å². The molecule has 0 aromatic heterocycles. The Labute approximate surface area is 44.9 Å². The fourth-order valence-corrected chi connectivity index (χ4v) is 0.0968. The predicted octanol–water partition coefficient (Wildman–Crippen LogP) is 0.895. The molecule has 0 unspecified atom stereocenters. The van der Waals surface area contributed by atoms with Gasteiger partial charge in [0.2, 0.25) is 0 Å². The Morgan fingerprint density at radius 3 is 2.50 bits per heavy atom. The van der Waals surface area contributed by atoms with Gasteiger partial charge in [0.1, 0.15) is 5.70 Å². The van der Waals surface area contributed by atoms with Crippen LogP contribution in [0.15, 0.2) is 17.4 Å². The smallest absolute Gasteiger partial charge is 0.337 e. The van der Waals surface area contributed by atoms with E-state index in [4.69, 9.17) is 10.6 Å². The molecule has 0 atom stereocenters. The first-order valence-electron chi connectivity index (χ1n) is 1.65. The quantitative estimate of drug-likeness (QED) is 0.249. The van der Waals surface area contributed by atoms with E-state index >= 15 is 0 Å². The first-order chi connectivity index (χ1) is 3.68. The number of hydrogen-bond donors (Lipinski definition) is 1. The van der Waals surface area contributed by atoms with Crippen molar-refractivity contribution in [2.45, 2.75) is 0 Å². The average molecular weight is 113 g/mol. The van der Waals surface area contributed by atoms with E-state index in [-0.39, 0.29) is 0 Å². The summed E-state index contributed by atoms with van der Waals surface area (Å²) in [6.07, 6.45) is 0. The Hall–Kier alpha value is -1.48. The number of azide groups is 1. The zero-order chi connectivity index (χ0) is 6.57. The number of carboxylic acids is 1. The van der Waals surface area contributed by atoms with E-state index in [1.54, 1.807) is 0 Å². The van der Waals surface area contributed by atoms with Crippen LogP contribution in [0.25, 0.3) is 10.4 Å². The van der Waals surface area contributed by atoms with Gasteiger partial charge in [0.15, 0.2) is 0 Å². The molecule has 0 saturated carbocycles. The zero-order valence-electron chi connectivity index (χ0n) is 3.90. The highest BCUT2D eigenvalue weighted by Crippen LogP contribution is 1.89. The molecule has 0 aliphatic heterocycles. The second-order valence-electron chi connectivity index (χ2n) is 0.941. The molecule has 0 bridgehead atoms. The van der Waals surface area contributed by atoms with Crippen LogP contribution in [0.4, 0.5) is 0 Å². The average Bonchev–Trinajstić information content (AvgIpc) is 1.67. The number of carbonyl (C=O) groups is 1. The lowest BCUT2D eigenvalue weighted by Gasteiger charge is -1.81. The van der Waals surface area contributed by atoms with Crippen LogP contribution in [-0.4, -0.2) is 11.1 Å². The lowest BCUT2D eigenvalue weighted by atomic mass is 10.5. The van der Waals surface area contributed by atoms with Gasteiger partial charge in [-0.1, -0.05) is 11.7 Å². The molecule has 0 heterocycles. The third-order valence-corrected chi connectivity index (χ3v) is 0.412. The van der Waals surface area contributed by atoms with E-state index in [1.807, 2.05) is 0 Å². The van der Waals surface area contributed by atoms with Crippen LogP contribution >= 0.6 is 0 Å². The molecule has 0 aliphatic rings. The van der Waals surface area contributed by atoms with E-state index in [9.17, 15) is 4.79 Å². The van der Waals surface area contributed by atoms with Crippen LogP contribution in [0.3, 0.4) is 0 Å². The maximum atomic E-state index is 9.72. The van der Waals surface area contributed by atoms with Crippen molar-refractivity contribution in [2.24, 2.45) is 5.11 Å². The van der Waals surface area contributed by atoms with Crippen molar-refractivity contribution < 1.29 is 9.90 Å². The Morgan fingerprint density at radius 1 is 1.88 bits per heavy atom. The Balaban J connectivity index is 4.05. The minimum Gasteiger partial charge on any atom is -0.478 e. The van der Waals surface area contributed by atoms with Gasteiger partial charge in [0.05, 0.1) is 0 Å². The molecule has 42 valence electrons. The molecular formula is C3H3N3O2. The summed E-state index contributed by atoms with van der Waals surface area (Å²) in [6, 6.07) is 0. The third kappa shape index (κ3) is 1.84. The topological polar surface area (TPSA) is 86.1 Å². The van der Waals surface area contributed by atoms with Gasteiger partial charge in [-0.3, -0.25) is 0 Å². The van der Waals surface area contributed by atoms with Crippen molar-refractivity contribution in [2.75, 3.05) is 0 Å². The molecule has 0 rings (SSSR count). The van der Waals surface area contributed by atoms with Crippen molar-refractivity contribution in [3.05, 3.63) is 22.7 Å². The summed E-state index contributed by atoms with van der Waals surface area (Å²) in [4.78, 5) is 11.9. The highest BCUT2D eigenvalue weighted by molar-refractivity contribution is 5.85. The number of rotatable bonds is 2. The second kappa shape index (κ2) is 2.65. The van der Waals surface area contributed by atoms with Gasteiger partial charge < -0.3 is 5.11 Å². The van der Waals surface area contributed by atoms with E-state index in [0.717, 1.165) is 0 Å². The van der Waals surface area contributed by atoms with Crippen molar-refractivity contribution in [3.63, 3.8) is 0 Å². The van der Waals surface area contributed by atoms with Crippen molar-refractivity contribution in [1.82, 2.24) is 0 Å². The monoisotopic (exact) mass is 113 g/mol. The molecule has 0 fully saturated rings. The Kier molecular flexibility index (Phi) is 2.16. The van der Waals surface area contributed by atoms with Crippen molar-refractivity contribution in [3.8, 4) is 0 Å². The highest BCUT2D eigenvalue weighted by atomic mass is 16.4. The lowest BCUT2D eigenvalue weighted by molar-refractivity contribution is -0.132. The SMILES string of the molecule is C=C(N=[N+]=[N-])C(=O)O. The molecule has 8 heavy (non-hydrogen) atoms. The minimum atomic E-state index is -1.30. The van der Waals surface area contributed by atoms with Crippen LogP contribution < -0.4 is 0 Å². The summed E-state index contributed by atoms with van der Waals surface area (Å²) in [5.41, 5.74) is 7.13. The molecule has 1 N–H and O–H groups in total. The first kappa shape index (κ1) is 6.52. The maximum Gasteiger partial charge on any atom is 0.337 e. The Morgan fingerprint density at radius 2 is 2.38 bits per heavy atom. The van der Waals surface area contributed by atoms with Crippen LogP contribution in [0.5, 0.6) is 0 Å². The van der Waals surface area contributed by atoms with Crippen LogP contribution in [0.2, 0.25) is 0 Å². The number of carboxylic acid groups (broad SMARTS) is 1. The van der Waals surface area contributed by atoms with E-state index < -0.39 is 11.7 Å². The molecule has 0 aromatic rings. The molecule has 0 aliphatic carbocycles. The van der Waals surface area contributed by atoms with E-state index in [0.29, 0.717) is 0 Å². The van der Waals surface area contributed by atoms with Gasteiger partial charge in [-0.05, 0) is 5.53 Å². The Bertz CT molecular complexity index is 163. The van der Waals surface area contributed by atoms with Crippen molar-refractivity contribution >= 4 is 5.97 Å². The summed E-state index contributed by atoms with van der Waals surface area (Å²) in [5, 5.41) is 10.7. The van der Waals surface area contributed by atoms with E-state index in [1.165, 1.54) is 0 Å². The summed E-state index contributed by atoms with van der Waals surface area (Å²) >= 11 is 0. The normalized spacial score (nSPS) is 7.00. The summed E-state index contributed by atoms with van der Waals surface area (Å²) in [5.74, 6) is -1.30. The molecule has 0 radical (unpaired) electrons. The van der Waals surface area contributed by atoms with Crippen molar-refractivity contribution in [1.29, 1.82) is 0 Å². The summed E-state index contributed by atoms with van der Waals surface area (Å²) in [6.45, 7) is 2.92. The number of nitrogens with zero attached hydrogens (tertiary/aromatic N) is 3. The molecule has 0 amide bonds. The summed E-state index contributed by atoms with van der Waals surface area (Å²) in [7, 11) is 0. The highest BCUT2D eigenvalue weighted by Gasteiger charge is 1.96. The molecule has 5 heteroatoms. The van der Waals surface area contributed by atoms with Crippen LogP contribution in [0.1, 0.15) is 0 Å². The fourth-order valence-electron chi connectivity index (χ4n) is 0.0968.